The van der Waals surface area contributed by atoms with Crippen LogP contribution in [0.5, 0.6) is 5.75 Å². The van der Waals surface area contributed by atoms with E-state index in [0.29, 0.717) is 5.56 Å². The smallest absolute Gasteiger partial charge is 0.342 e. The number of fused-ring (bicyclic) bond motifs is 1. The third-order valence-corrected chi connectivity index (χ3v) is 3.34. The first-order valence-corrected chi connectivity index (χ1v) is 6.77. The first kappa shape index (κ1) is 14.1. The van der Waals surface area contributed by atoms with E-state index >= 15 is 0 Å². The topological polar surface area (TPSA) is 46.5 Å². The highest BCUT2D eigenvalue weighted by Gasteiger charge is 2.14. The Labute approximate surface area is 126 Å². The zero-order valence-corrected chi connectivity index (χ0v) is 11.6. The van der Waals surface area contributed by atoms with Crippen molar-refractivity contribution in [3.63, 3.8) is 0 Å². The predicted octanol–water partition coefficient (Wildman–Crippen LogP) is 4.04. The van der Waals surface area contributed by atoms with Crippen molar-refractivity contribution in [1.82, 2.24) is 0 Å². The maximum Gasteiger partial charge on any atom is 0.342 e. The summed E-state index contributed by atoms with van der Waals surface area (Å²) in [5.41, 5.74) is 0.642. The number of ether oxygens (including phenoxy) is 1. The normalized spacial score (nSPS) is 10.6. The summed E-state index contributed by atoms with van der Waals surface area (Å²) in [5, 5.41) is 11.6. The largest absolute Gasteiger partial charge is 0.507 e. The van der Waals surface area contributed by atoms with Gasteiger partial charge in [0.1, 0.15) is 23.7 Å². The van der Waals surface area contributed by atoms with Gasteiger partial charge in [0, 0.05) is 0 Å². The van der Waals surface area contributed by atoms with Gasteiger partial charge < -0.3 is 9.84 Å². The minimum Gasteiger partial charge on any atom is -0.507 e. The van der Waals surface area contributed by atoms with Crippen molar-refractivity contribution in [2.24, 2.45) is 0 Å². The monoisotopic (exact) mass is 296 g/mol. The van der Waals surface area contributed by atoms with Crippen LogP contribution in [-0.4, -0.2) is 11.1 Å². The summed E-state index contributed by atoms with van der Waals surface area (Å²) in [7, 11) is 0. The lowest BCUT2D eigenvalue weighted by molar-refractivity contribution is 0.0469. The number of esters is 1. The van der Waals surface area contributed by atoms with E-state index < -0.39 is 5.97 Å². The van der Waals surface area contributed by atoms with Crippen molar-refractivity contribution in [2.45, 2.75) is 6.61 Å². The molecule has 1 N–H and O–H groups in total. The maximum atomic E-state index is 13.1. The molecule has 0 aromatic heterocycles. The molecule has 0 aliphatic heterocycles. The molecule has 0 saturated carbocycles. The molecule has 0 unspecified atom stereocenters. The fourth-order valence-corrected chi connectivity index (χ4v) is 2.25. The average molecular weight is 296 g/mol. The Hall–Kier alpha value is -2.88. The van der Waals surface area contributed by atoms with Crippen molar-refractivity contribution in [1.29, 1.82) is 0 Å². The van der Waals surface area contributed by atoms with Gasteiger partial charge in [-0.15, -0.1) is 0 Å². The van der Waals surface area contributed by atoms with Crippen LogP contribution >= 0.6 is 0 Å². The molecule has 3 aromatic carbocycles. The first-order chi connectivity index (χ1) is 10.6. The summed E-state index contributed by atoms with van der Waals surface area (Å²) < 4.78 is 18.2. The zero-order valence-electron chi connectivity index (χ0n) is 11.6. The van der Waals surface area contributed by atoms with Crippen LogP contribution in [0, 0.1) is 5.82 Å². The Morgan fingerprint density at radius 3 is 2.45 bits per heavy atom. The van der Waals surface area contributed by atoms with Crippen molar-refractivity contribution in [3.8, 4) is 5.75 Å². The van der Waals surface area contributed by atoms with Gasteiger partial charge in [-0.2, -0.15) is 0 Å². The van der Waals surface area contributed by atoms with Gasteiger partial charge in [-0.05, 0) is 40.6 Å². The number of rotatable bonds is 3. The Kier molecular flexibility index (Phi) is 3.74. The van der Waals surface area contributed by atoms with Crippen molar-refractivity contribution in [3.05, 3.63) is 77.6 Å². The fraction of sp³-hybridized carbons (Fsp3) is 0.0556. The second kappa shape index (κ2) is 5.85. The zero-order chi connectivity index (χ0) is 15.5. The molecule has 0 aliphatic rings. The van der Waals surface area contributed by atoms with Gasteiger partial charge in [0.15, 0.2) is 0 Å². The number of aromatic hydroxyl groups is 1. The lowest BCUT2D eigenvalue weighted by Crippen LogP contribution is -2.05. The van der Waals surface area contributed by atoms with Crippen LogP contribution in [0.2, 0.25) is 0 Å². The van der Waals surface area contributed by atoms with Crippen LogP contribution in [0.1, 0.15) is 15.9 Å². The van der Waals surface area contributed by atoms with E-state index in [1.165, 1.54) is 18.2 Å². The molecule has 0 fully saturated rings. The number of hydrogen-bond acceptors (Lipinski definition) is 3. The molecular formula is C18H13FO3. The molecule has 0 saturated heterocycles. The van der Waals surface area contributed by atoms with Crippen molar-refractivity contribution < 1.29 is 19.0 Å². The summed E-state index contributed by atoms with van der Waals surface area (Å²) in [6.07, 6.45) is 0. The number of hydrogen-bond donors (Lipinski definition) is 1. The number of phenols is 1. The van der Waals surface area contributed by atoms with Gasteiger partial charge in [-0.25, -0.2) is 9.18 Å². The van der Waals surface area contributed by atoms with Crippen LogP contribution in [0.4, 0.5) is 4.39 Å². The first-order valence-electron chi connectivity index (χ1n) is 6.77. The van der Waals surface area contributed by atoms with Gasteiger partial charge >= 0.3 is 5.97 Å². The predicted molar refractivity (Wildman–Crippen MR) is 81.1 cm³/mol. The summed E-state index contributed by atoms with van der Waals surface area (Å²) in [6.45, 7) is -0.0527. The number of carbonyl (C=O) groups is 1. The van der Waals surface area contributed by atoms with E-state index in [2.05, 4.69) is 0 Å². The van der Waals surface area contributed by atoms with E-state index in [1.807, 2.05) is 24.3 Å². The molecule has 0 aliphatic carbocycles. The number of phenolic OH excluding ortho intramolecular Hbond substituents is 1. The molecular weight excluding hydrogens is 283 g/mol. The quantitative estimate of drug-likeness (QED) is 0.742. The third kappa shape index (κ3) is 2.91. The minimum atomic E-state index is -0.646. The average Bonchev–Trinajstić information content (AvgIpc) is 2.52. The molecule has 110 valence electrons. The maximum absolute atomic E-state index is 13.1. The van der Waals surface area contributed by atoms with E-state index in [0.717, 1.165) is 10.8 Å². The van der Waals surface area contributed by atoms with E-state index in [4.69, 9.17) is 4.74 Å². The van der Waals surface area contributed by atoms with Gasteiger partial charge in [0.05, 0.1) is 0 Å². The van der Waals surface area contributed by atoms with Crippen LogP contribution in [0.15, 0.2) is 60.7 Å². The molecule has 0 heterocycles. The number of carbonyl (C=O) groups excluding carboxylic acids is 1. The molecule has 0 atom stereocenters. The summed E-state index contributed by atoms with van der Waals surface area (Å²) >= 11 is 0. The van der Waals surface area contributed by atoms with E-state index in [1.54, 1.807) is 18.2 Å². The fourth-order valence-electron chi connectivity index (χ4n) is 2.25. The molecule has 3 nitrogen and oxygen atoms in total. The summed E-state index contributed by atoms with van der Waals surface area (Å²) in [6, 6.07) is 16.3. The number of halogens is 1. The Bertz CT molecular complexity index is 843. The molecule has 3 aromatic rings. The summed E-state index contributed by atoms with van der Waals surface area (Å²) in [5.74, 6) is -1.17. The Balaban J connectivity index is 1.81. The lowest BCUT2D eigenvalue weighted by atomic mass is 10.1. The van der Waals surface area contributed by atoms with Crippen LogP contribution in [-0.2, 0) is 11.3 Å². The molecule has 0 bridgehead atoms. The number of benzene rings is 3. The SMILES string of the molecule is O=C(OCc1cccc(F)c1)c1cc2ccccc2cc1O. The molecule has 4 heteroatoms. The second-order valence-corrected chi connectivity index (χ2v) is 4.92. The van der Waals surface area contributed by atoms with Gasteiger partial charge in [-0.1, -0.05) is 36.4 Å². The lowest BCUT2D eigenvalue weighted by Gasteiger charge is -2.08. The Morgan fingerprint density at radius 1 is 1.00 bits per heavy atom. The van der Waals surface area contributed by atoms with Crippen molar-refractivity contribution in [2.75, 3.05) is 0 Å². The van der Waals surface area contributed by atoms with Crippen LogP contribution < -0.4 is 0 Å². The molecule has 3 rings (SSSR count). The van der Waals surface area contributed by atoms with Gasteiger partial charge in [0.2, 0.25) is 0 Å². The van der Waals surface area contributed by atoms with Gasteiger partial charge in [-0.3, -0.25) is 0 Å². The minimum absolute atomic E-state index is 0.0527. The highest BCUT2D eigenvalue weighted by molar-refractivity contribution is 5.98. The van der Waals surface area contributed by atoms with E-state index in [9.17, 15) is 14.3 Å². The standard InChI is InChI=1S/C18H13FO3/c19-15-7-3-4-12(8-15)11-22-18(21)16-9-13-5-1-2-6-14(13)10-17(16)20/h1-10,20H,11H2. The molecule has 0 amide bonds. The highest BCUT2D eigenvalue weighted by atomic mass is 19.1. The third-order valence-electron chi connectivity index (χ3n) is 3.34. The van der Waals surface area contributed by atoms with Crippen molar-refractivity contribution >= 4 is 16.7 Å². The molecule has 0 radical (unpaired) electrons. The molecule has 22 heavy (non-hydrogen) atoms. The highest BCUT2D eigenvalue weighted by Crippen LogP contribution is 2.25. The summed E-state index contributed by atoms with van der Waals surface area (Å²) in [4.78, 5) is 12.1. The van der Waals surface area contributed by atoms with Gasteiger partial charge in [0.25, 0.3) is 0 Å². The molecule has 0 spiro atoms. The van der Waals surface area contributed by atoms with Crippen LogP contribution in [0.25, 0.3) is 10.8 Å². The van der Waals surface area contributed by atoms with E-state index in [-0.39, 0.29) is 23.7 Å². The van der Waals surface area contributed by atoms with Crippen LogP contribution in [0.3, 0.4) is 0 Å². The Morgan fingerprint density at radius 2 is 1.73 bits per heavy atom. The second-order valence-electron chi connectivity index (χ2n) is 4.92.